The van der Waals surface area contributed by atoms with Crippen LogP contribution in [-0.4, -0.2) is 22.4 Å². The van der Waals surface area contributed by atoms with E-state index in [9.17, 15) is 9.59 Å². The Hall–Kier alpha value is -2.43. The number of aromatic amines is 1. The van der Waals surface area contributed by atoms with Gasteiger partial charge in [-0.05, 0) is 44.2 Å². The molecule has 5 nitrogen and oxygen atoms in total. The number of allylic oxidation sites excluding steroid dienone is 1. The van der Waals surface area contributed by atoms with Gasteiger partial charge >= 0.3 is 0 Å². The standard InChI is InChI=1S/C19H23N3O2/c23-18(20-13-12-14-6-2-1-3-7-14)11-10-17-21-16-9-5-4-8-15(16)19(24)22-17/h4-6,8-9H,1-3,7,10-13H2,(H,20,23)(H,21,22,24). The Bertz CT molecular complexity index is 808. The lowest BCUT2D eigenvalue weighted by molar-refractivity contribution is -0.121. The van der Waals surface area contributed by atoms with Crippen LogP contribution in [0.5, 0.6) is 0 Å². The van der Waals surface area contributed by atoms with Gasteiger partial charge in [-0.15, -0.1) is 0 Å². The van der Waals surface area contributed by atoms with Gasteiger partial charge in [-0.25, -0.2) is 4.98 Å². The van der Waals surface area contributed by atoms with E-state index < -0.39 is 0 Å². The third kappa shape index (κ3) is 4.31. The zero-order chi connectivity index (χ0) is 16.8. The first-order valence-electron chi connectivity index (χ1n) is 8.65. The third-order valence-electron chi connectivity index (χ3n) is 4.40. The zero-order valence-electron chi connectivity index (χ0n) is 13.8. The molecular weight excluding hydrogens is 302 g/mol. The fourth-order valence-electron chi connectivity index (χ4n) is 3.07. The lowest BCUT2D eigenvalue weighted by atomic mass is 9.97. The summed E-state index contributed by atoms with van der Waals surface area (Å²) in [6.07, 6.45) is 8.90. The SMILES string of the molecule is O=C(CCc1nc2ccccc2c(=O)[nH]1)NCCC1=CCCCC1. The smallest absolute Gasteiger partial charge is 0.258 e. The second-order valence-electron chi connectivity index (χ2n) is 6.24. The number of carbonyl (C=O) groups is 1. The monoisotopic (exact) mass is 325 g/mol. The van der Waals surface area contributed by atoms with Gasteiger partial charge < -0.3 is 10.3 Å². The predicted molar refractivity (Wildman–Crippen MR) is 94.9 cm³/mol. The van der Waals surface area contributed by atoms with Crippen LogP contribution in [0.25, 0.3) is 10.9 Å². The number of aromatic nitrogens is 2. The first-order chi connectivity index (χ1) is 11.7. The van der Waals surface area contributed by atoms with Crippen molar-refractivity contribution >= 4 is 16.8 Å². The number of aryl methyl sites for hydroxylation is 1. The van der Waals surface area contributed by atoms with Crippen molar-refractivity contribution in [3.63, 3.8) is 0 Å². The van der Waals surface area contributed by atoms with Crippen LogP contribution in [0.1, 0.15) is 44.3 Å². The maximum absolute atomic E-state index is 12.0. The lowest BCUT2D eigenvalue weighted by Crippen LogP contribution is -2.25. The van der Waals surface area contributed by atoms with Crippen molar-refractivity contribution in [1.82, 2.24) is 15.3 Å². The van der Waals surface area contributed by atoms with Crippen molar-refractivity contribution in [2.45, 2.75) is 44.9 Å². The quantitative estimate of drug-likeness (QED) is 0.802. The van der Waals surface area contributed by atoms with Gasteiger partial charge in [-0.2, -0.15) is 0 Å². The van der Waals surface area contributed by atoms with Crippen LogP contribution in [0.4, 0.5) is 0 Å². The number of benzene rings is 1. The molecule has 1 heterocycles. The highest BCUT2D eigenvalue weighted by Crippen LogP contribution is 2.19. The molecule has 2 N–H and O–H groups in total. The molecule has 24 heavy (non-hydrogen) atoms. The number of para-hydroxylation sites is 1. The van der Waals surface area contributed by atoms with E-state index in [0.717, 1.165) is 12.8 Å². The molecule has 1 aromatic carbocycles. The van der Waals surface area contributed by atoms with E-state index in [1.54, 1.807) is 6.07 Å². The van der Waals surface area contributed by atoms with Crippen LogP contribution in [0.15, 0.2) is 40.7 Å². The number of H-pyrrole nitrogens is 1. The molecule has 3 rings (SSSR count). The molecule has 0 fully saturated rings. The summed E-state index contributed by atoms with van der Waals surface area (Å²) in [6, 6.07) is 7.23. The summed E-state index contributed by atoms with van der Waals surface area (Å²) < 4.78 is 0. The van der Waals surface area contributed by atoms with Crippen LogP contribution in [0, 0.1) is 0 Å². The van der Waals surface area contributed by atoms with Crippen LogP contribution in [0.2, 0.25) is 0 Å². The predicted octanol–water partition coefficient (Wildman–Crippen LogP) is 2.86. The minimum absolute atomic E-state index is 0.00205. The van der Waals surface area contributed by atoms with E-state index in [1.807, 2.05) is 18.2 Å². The number of hydrogen-bond donors (Lipinski definition) is 2. The van der Waals surface area contributed by atoms with Crippen molar-refractivity contribution in [3.05, 3.63) is 52.1 Å². The van der Waals surface area contributed by atoms with Gasteiger partial charge in [-0.3, -0.25) is 9.59 Å². The number of carbonyl (C=O) groups excluding carboxylic acids is 1. The Kier molecular flexibility index (Phi) is 5.41. The first-order valence-corrected chi connectivity index (χ1v) is 8.65. The highest BCUT2D eigenvalue weighted by Gasteiger charge is 2.08. The molecule has 1 amide bonds. The lowest BCUT2D eigenvalue weighted by Gasteiger charge is -2.12. The summed E-state index contributed by atoms with van der Waals surface area (Å²) in [6.45, 7) is 0.687. The molecule has 0 spiro atoms. The fourth-order valence-corrected chi connectivity index (χ4v) is 3.07. The molecule has 1 aliphatic carbocycles. The molecule has 1 aliphatic rings. The van der Waals surface area contributed by atoms with Crippen molar-refractivity contribution in [1.29, 1.82) is 0 Å². The summed E-state index contributed by atoms with van der Waals surface area (Å²) in [5.41, 5.74) is 1.98. The van der Waals surface area contributed by atoms with E-state index in [4.69, 9.17) is 0 Å². The molecule has 0 aliphatic heterocycles. The molecule has 0 saturated heterocycles. The largest absolute Gasteiger partial charge is 0.356 e. The molecule has 0 bridgehead atoms. The average molecular weight is 325 g/mol. The second kappa shape index (κ2) is 7.90. The van der Waals surface area contributed by atoms with Gasteiger partial charge in [0, 0.05) is 19.4 Å². The molecule has 0 unspecified atom stereocenters. The van der Waals surface area contributed by atoms with Gasteiger partial charge in [-0.1, -0.05) is 23.8 Å². The summed E-state index contributed by atoms with van der Waals surface area (Å²) in [5, 5.41) is 3.53. The second-order valence-corrected chi connectivity index (χ2v) is 6.24. The Morgan fingerprint density at radius 3 is 2.92 bits per heavy atom. The summed E-state index contributed by atoms with van der Waals surface area (Å²) in [7, 11) is 0. The van der Waals surface area contributed by atoms with Gasteiger partial charge in [0.05, 0.1) is 10.9 Å². The highest BCUT2D eigenvalue weighted by molar-refractivity contribution is 5.78. The number of fused-ring (bicyclic) bond motifs is 1. The minimum Gasteiger partial charge on any atom is -0.356 e. The highest BCUT2D eigenvalue weighted by atomic mass is 16.1. The van der Waals surface area contributed by atoms with E-state index in [2.05, 4.69) is 21.4 Å². The van der Waals surface area contributed by atoms with Gasteiger partial charge in [0.25, 0.3) is 5.56 Å². The molecule has 2 aromatic rings. The van der Waals surface area contributed by atoms with E-state index in [-0.39, 0.29) is 11.5 Å². The Morgan fingerprint density at radius 2 is 2.08 bits per heavy atom. The zero-order valence-corrected chi connectivity index (χ0v) is 13.8. The first kappa shape index (κ1) is 16.4. The van der Waals surface area contributed by atoms with E-state index in [1.165, 1.54) is 24.8 Å². The van der Waals surface area contributed by atoms with E-state index >= 15 is 0 Å². The number of nitrogens with one attached hydrogen (secondary N) is 2. The van der Waals surface area contributed by atoms with Crippen LogP contribution in [-0.2, 0) is 11.2 Å². The molecule has 0 saturated carbocycles. The van der Waals surface area contributed by atoms with Crippen molar-refractivity contribution in [3.8, 4) is 0 Å². The molecule has 1 aromatic heterocycles. The molecule has 0 radical (unpaired) electrons. The maximum atomic E-state index is 12.0. The molecular formula is C19H23N3O2. The Morgan fingerprint density at radius 1 is 1.21 bits per heavy atom. The normalized spacial score (nSPS) is 14.4. The molecule has 5 heteroatoms. The van der Waals surface area contributed by atoms with E-state index in [0.29, 0.717) is 36.1 Å². The Balaban J connectivity index is 1.49. The average Bonchev–Trinajstić information content (AvgIpc) is 2.61. The molecule has 126 valence electrons. The van der Waals surface area contributed by atoms with Crippen molar-refractivity contribution in [2.75, 3.05) is 6.54 Å². The minimum atomic E-state index is -0.153. The third-order valence-corrected chi connectivity index (χ3v) is 4.40. The number of rotatable bonds is 6. The van der Waals surface area contributed by atoms with Gasteiger partial charge in [0.1, 0.15) is 5.82 Å². The summed E-state index contributed by atoms with van der Waals surface area (Å²) >= 11 is 0. The number of hydrogen-bond acceptors (Lipinski definition) is 3. The molecule has 0 atom stereocenters. The number of amides is 1. The number of nitrogens with zero attached hydrogens (tertiary/aromatic N) is 1. The van der Waals surface area contributed by atoms with Crippen LogP contribution < -0.4 is 10.9 Å². The van der Waals surface area contributed by atoms with Crippen LogP contribution in [0.3, 0.4) is 0 Å². The van der Waals surface area contributed by atoms with Gasteiger partial charge in [0.2, 0.25) is 5.91 Å². The Labute approximate surface area is 141 Å². The maximum Gasteiger partial charge on any atom is 0.258 e. The summed E-state index contributed by atoms with van der Waals surface area (Å²) in [4.78, 5) is 31.1. The fraction of sp³-hybridized carbons (Fsp3) is 0.421. The van der Waals surface area contributed by atoms with Crippen molar-refractivity contribution < 1.29 is 4.79 Å². The van der Waals surface area contributed by atoms with Crippen molar-refractivity contribution in [2.24, 2.45) is 0 Å². The summed E-state index contributed by atoms with van der Waals surface area (Å²) in [5.74, 6) is 0.561. The topological polar surface area (TPSA) is 74.8 Å². The van der Waals surface area contributed by atoms with Crippen LogP contribution >= 0.6 is 0 Å². The van der Waals surface area contributed by atoms with Gasteiger partial charge in [0.15, 0.2) is 0 Å².